The molecular weight excluding hydrogens is 473 g/mol. The summed E-state index contributed by atoms with van der Waals surface area (Å²) >= 11 is 0. The number of hydrogen-bond donors (Lipinski definition) is 1. The minimum atomic E-state index is -4.62. The van der Waals surface area contributed by atoms with Crippen LogP contribution in [0.4, 0.5) is 23.7 Å². The second-order valence-electron chi connectivity index (χ2n) is 8.63. The van der Waals surface area contributed by atoms with E-state index in [1.165, 1.54) is 0 Å². The zero-order chi connectivity index (χ0) is 25.3. The molecule has 1 aliphatic carbocycles. The molecule has 1 amide bonds. The maximum Gasteiger partial charge on any atom is 0.425 e. The predicted molar refractivity (Wildman–Crippen MR) is 128 cm³/mol. The minimum Gasteiger partial charge on any atom is -0.437 e. The quantitative estimate of drug-likeness (QED) is 0.308. The zero-order valence-corrected chi connectivity index (χ0v) is 19.3. The van der Waals surface area contributed by atoms with Gasteiger partial charge < -0.3 is 14.0 Å². The fraction of sp³-hybridized carbons (Fsp3) is 0.269. The van der Waals surface area contributed by atoms with Crippen LogP contribution in [0, 0.1) is 0 Å². The molecule has 36 heavy (non-hydrogen) atoms. The predicted octanol–water partition coefficient (Wildman–Crippen LogP) is 7.11. The molecule has 0 aliphatic heterocycles. The van der Waals surface area contributed by atoms with Crippen molar-refractivity contribution in [3.63, 3.8) is 0 Å². The summed E-state index contributed by atoms with van der Waals surface area (Å²) in [6, 6.07) is 17.2. The number of nitrogens with zero attached hydrogens (tertiary/aromatic N) is 3. The first-order valence-electron chi connectivity index (χ1n) is 11.5. The molecule has 10 heteroatoms. The fourth-order valence-electron chi connectivity index (χ4n) is 4.07. The summed E-state index contributed by atoms with van der Waals surface area (Å²) in [5, 5.41) is 3.39. The fourth-order valence-corrected chi connectivity index (χ4v) is 4.07. The Morgan fingerprint density at radius 3 is 2.44 bits per heavy atom. The molecule has 1 unspecified atom stereocenters. The van der Waals surface area contributed by atoms with Crippen molar-refractivity contribution in [1.29, 1.82) is 0 Å². The van der Waals surface area contributed by atoms with Crippen LogP contribution < -0.4 is 10.1 Å². The van der Waals surface area contributed by atoms with Crippen molar-refractivity contribution in [2.45, 2.75) is 44.5 Å². The van der Waals surface area contributed by atoms with E-state index in [1.807, 2.05) is 30.3 Å². The first-order valence-corrected chi connectivity index (χ1v) is 11.5. The molecule has 1 atom stereocenters. The van der Waals surface area contributed by atoms with Crippen LogP contribution in [0.2, 0.25) is 0 Å². The van der Waals surface area contributed by atoms with Gasteiger partial charge in [-0.1, -0.05) is 12.1 Å². The highest BCUT2D eigenvalue weighted by Gasteiger charge is 2.39. The number of alkyl halides is 3. The molecule has 2 aromatic heterocycles. The second kappa shape index (κ2) is 9.52. The number of fused-ring (bicyclic) bond motifs is 1. The van der Waals surface area contributed by atoms with Crippen molar-refractivity contribution in [3.8, 4) is 23.0 Å². The Morgan fingerprint density at radius 1 is 1.08 bits per heavy atom. The van der Waals surface area contributed by atoms with Crippen LogP contribution in [0.1, 0.15) is 32.2 Å². The molecule has 4 aromatic rings. The van der Waals surface area contributed by atoms with Crippen molar-refractivity contribution in [2.24, 2.45) is 0 Å². The lowest BCUT2D eigenvalue weighted by molar-refractivity contribution is -0.196. The third-order valence-electron chi connectivity index (χ3n) is 6.18. The van der Waals surface area contributed by atoms with E-state index in [0.29, 0.717) is 17.5 Å². The van der Waals surface area contributed by atoms with Crippen molar-refractivity contribution in [1.82, 2.24) is 14.5 Å². The number of rotatable bonds is 6. The highest BCUT2D eigenvalue weighted by Crippen LogP contribution is 2.41. The topological polar surface area (TPSA) is 78.3 Å². The van der Waals surface area contributed by atoms with Gasteiger partial charge in [0.25, 0.3) is 0 Å². The SMILES string of the molecule is CC(OC(=O)Nc1ccc(-c2cc3ccc(Oc4ncccn4)cc3n2C2CCC2)cc1)C(F)(F)F. The summed E-state index contributed by atoms with van der Waals surface area (Å²) < 4.78 is 50.4. The van der Waals surface area contributed by atoms with Gasteiger partial charge in [-0.2, -0.15) is 13.2 Å². The normalized spacial score (nSPS) is 14.8. The highest BCUT2D eigenvalue weighted by molar-refractivity contribution is 5.89. The van der Waals surface area contributed by atoms with E-state index in [-0.39, 0.29) is 6.01 Å². The van der Waals surface area contributed by atoms with Gasteiger partial charge in [-0.05, 0) is 68.1 Å². The van der Waals surface area contributed by atoms with Gasteiger partial charge in [0.2, 0.25) is 0 Å². The molecule has 0 saturated heterocycles. The van der Waals surface area contributed by atoms with E-state index in [4.69, 9.17) is 4.74 Å². The Hall–Kier alpha value is -4.08. The maximum atomic E-state index is 12.6. The largest absolute Gasteiger partial charge is 0.437 e. The van der Waals surface area contributed by atoms with E-state index in [2.05, 4.69) is 30.7 Å². The Balaban J connectivity index is 1.40. The number of anilines is 1. The van der Waals surface area contributed by atoms with Gasteiger partial charge in [-0.15, -0.1) is 0 Å². The molecule has 5 rings (SSSR count). The van der Waals surface area contributed by atoms with E-state index < -0.39 is 18.4 Å². The third kappa shape index (κ3) is 4.98. The van der Waals surface area contributed by atoms with Crippen LogP contribution in [-0.2, 0) is 4.74 Å². The smallest absolute Gasteiger partial charge is 0.425 e. The van der Waals surface area contributed by atoms with Gasteiger partial charge >= 0.3 is 18.3 Å². The van der Waals surface area contributed by atoms with Crippen LogP contribution in [0.5, 0.6) is 11.8 Å². The average molecular weight is 496 g/mol. The Labute approximate surface area is 204 Å². The summed E-state index contributed by atoms with van der Waals surface area (Å²) in [7, 11) is 0. The van der Waals surface area contributed by atoms with Crippen molar-refractivity contribution >= 4 is 22.7 Å². The second-order valence-corrected chi connectivity index (χ2v) is 8.63. The molecule has 0 bridgehead atoms. The summed E-state index contributed by atoms with van der Waals surface area (Å²) in [4.78, 5) is 20.1. The van der Waals surface area contributed by atoms with Crippen LogP contribution >= 0.6 is 0 Å². The third-order valence-corrected chi connectivity index (χ3v) is 6.18. The number of amides is 1. The average Bonchev–Trinajstić information content (AvgIpc) is 3.17. The van der Waals surface area contributed by atoms with Crippen LogP contribution in [0.15, 0.2) is 67.0 Å². The highest BCUT2D eigenvalue weighted by atomic mass is 19.4. The van der Waals surface area contributed by atoms with E-state index in [9.17, 15) is 18.0 Å². The molecule has 1 saturated carbocycles. The first kappa shape index (κ1) is 23.7. The molecule has 0 spiro atoms. The Kier molecular flexibility index (Phi) is 6.26. The molecule has 0 radical (unpaired) electrons. The zero-order valence-electron chi connectivity index (χ0n) is 19.3. The number of aromatic nitrogens is 3. The number of benzene rings is 2. The number of ether oxygens (including phenoxy) is 2. The molecule has 1 N–H and O–H groups in total. The number of carbonyl (C=O) groups excluding carboxylic acids is 1. The van der Waals surface area contributed by atoms with Gasteiger partial charge in [0, 0.05) is 41.3 Å². The molecule has 1 fully saturated rings. The Bertz CT molecular complexity index is 1370. The summed E-state index contributed by atoms with van der Waals surface area (Å²) in [6.45, 7) is 0.783. The number of halogens is 3. The molecule has 2 aromatic carbocycles. The lowest BCUT2D eigenvalue weighted by atomic mass is 9.92. The molecule has 2 heterocycles. The summed E-state index contributed by atoms with van der Waals surface area (Å²) in [6.07, 6.45) is -1.47. The van der Waals surface area contributed by atoms with Crippen molar-refractivity contribution < 1.29 is 27.4 Å². The number of hydrogen-bond acceptors (Lipinski definition) is 5. The van der Waals surface area contributed by atoms with Gasteiger partial charge in [0.15, 0.2) is 6.10 Å². The van der Waals surface area contributed by atoms with E-state index in [0.717, 1.165) is 48.3 Å². The number of carbonyl (C=O) groups is 1. The van der Waals surface area contributed by atoms with Gasteiger partial charge in [0.1, 0.15) is 5.75 Å². The standard InChI is InChI=1S/C26H23F3N4O3/c1-16(26(27,28)29)35-25(34)32-19-9-6-17(7-10-19)22-14-18-8-11-21(36-24-30-12-3-13-31-24)15-23(18)33(22)20-4-2-5-20/h3,6-16,20H,2,4-5H2,1H3,(H,32,34). The first-order chi connectivity index (χ1) is 17.3. The Morgan fingerprint density at radius 2 is 1.81 bits per heavy atom. The van der Waals surface area contributed by atoms with Crippen LogP contribution in [-0.4, -0.2) is 32.9 Å². The van der Waals surface area contributed by atoms with Gasteiger partial charge in [-0.25, -0.2) is 14.8 Å². The van der Waals surface area contributed by atoms with Crippen LogP contribution in [0.25, 0.3) is 22.2 Å². The molecular formula is C26H23F3N4O3. The van der Waals surface area contributed by atoms with Gasteiger partial charge in [-0.3, -0.25) is 5.32 Å². The molecule has 1 aliphatic rings. The monoisotopic (exact) mass is 496 g/mol. The lowest BCUT2D eigenvalue weighted by Crippen LogP contribution is -2.32. The summed E-state index contributed by atoms with van der Waals surface area (Å²) in [5.74, 6) is 0.630. The molecule has 186 valence electrons. The lowest BCUT2D eigenvalue weighted by Gasteiger charge is -2.30. The molecule has 7 nitrogen and oxygen atoms in total. The van der Waals surface area contributed by atoms with Gasteiger partial charge in [0.05, 0.1) is 5.52 Å². The summed E-state index contributed by atoms with van der Waals surface area (Å²) in [5.41, 5.74) is 3.27. The van der Waals surface area contributed by atoms with E-state index >= 15 is 0 Å². The van der Waals surface area contributed by atoms with Crippen molar-refractivity contribution in [2.75, 3.05) is 5.32 Å². The van der Waals surface area contributed by atoms with Crippen LogP contribution in [0.3, 0.4) is 0 Å². The maximum absolute atomic E-state index is 12.6. The number of nitrogens with one attached hydrogen (secondary N) is 1. The van der Waals surface area contributed by atoms with E-state index in [1.54, 1.807) is 30.6 Å². The minimum absolute atomic E-state index is 0.269. The van der Waals surface area contributed by atoms with Crippen molar-refractivity contribution in [3.05, 3.63) is 67.0 Å².